The molecule has 0 unspecified atom stereocenters. The van der Waals surface area contributed by atoms with Gasteiger partial charge in [0.2, 0.25) is 0 Å². The first-order valence-corrected chi connectivity index (χ1v) is 8.73. The average Bonchev–Trinajstić information content (AvgIpc) is 2.96. The number of benzene rings is 1. The van der Waals surface area contributed by atoms with Gasteiger partial charge in [-0.25, -0.2) is 9.59 Å². The van der Waals surface area contributed by atoms with E-state index in [0.717, 1.165) is 22.4 Å². The van der Waals surface area contributed by atoms with Gasteiger partial charge in [-0.05, 0) is 30.1 Å². The third-order valence-corrected chi connectivity index (χ3v) is 6.49. The van der Waals surface area contributed by atoms with Crippen LogP contribution >= 0.6 is 0 Å². The maximum atomic E-state index is 12.6. The fourth-order valence-electron chi connectivity index (χ4n) is 4.94. The maximum Gasteiger partial charge on any atom is 0.346 e. The van der Waals surface area contributed by atoms with Gasteiger partial charge in [-0.15, -0.1) is 0 Å². The number of hydrogen-bond donors (Lipinski definition) is 0. The van der Waals surface area contributed by atoms with Crippen LogP contribution < -0.4 is 4.90 Å². The number of fused-ring (bicyclic) bond motifs is 3. The quantitative estimate of drug-likeness (QED) is 0.579. The van der Waals surface area contributed by atoms with Gasteiger partial charge < -0.3 is 9.64 Å². The molecular formula is C21H23NO3. The van der Waals surface area contributed by atoms with Gasteiger partial charge in [0, 0.05) is 23.7 Å². The smallest absolute Gasteiger partial charge is 0.346 e. The fourth-order valence-corrected chi connectivity index (χ4v) is 4.94. The Bertz CT molecular complexity index is 903. The van der Waals surface area contributed by atoms with Crippen molar-refractivity contribution >= 4 is 23.2 Å². The van der Waals surface area contributed by atoms with E-state index in [0.29, 0.717) is 11.1 Å². The number of ether oxygens (including phenoxy) is 1. The van der Waals surface area contributed by atoms with E-state index in [9.17, 15) is 9.59 Å². The summed E-state index contributed by atoms with van der Waals surface area (Å²) in [5, 5.41) is 0. The summed E-state index contributed by atoms with van der Waals surface area (Å²) in [6.07, 6.45) is 0. The number of likely N-dealkylation sites (N-methyl/N-ethyl adjacent to an activating group) is 1. The molecular weight excluding hydrogens is 314 g/mol. The lowest BCUT2D eigenvalue weighted by Crippen LogP contribution is -2.56. The Morgan fingerprint density at radius 3 is 2.28 bits per heavy atom. The van der Waals surface area contributed by atoms with Crippen molar-refractivity contribution in [3.05, 3.63) is 46.5 Å². The minimum atomic E-state index is -0.562. The van der Waals surface area contributed by atoms with Crippen LogP contribution in [0.4, 0.5) is 5.69 Å². The van der Waals surface area contributed by atoms with Crippen LogP contribution in [0.1, 0.15) is 40.2 Å². The molecule has 2 aliphatic heterocycles. The van der Waals surface area contributed by atoms with Crippen molar-refractivity contribution in [2.75, 3.05) is 11.9 Å². The predicted molar refractivity (Wildman–Crippen MR) is 96.9 cm³/mol. The molecule has 4 nitrogen and oxygen atoms in total. The van der Waals surface area contributed by atoms with E-state index in [1.165, 1.54) is 0 Å². The van der Waals surface area contributed by atoms with E-state index in [1.54, 1.807) is 0 Å². The minimum Gasteiger partial charge on any atom is -0.386 e. The molecule has 2 heterocycles. The second-order valence-electron chi connectivity index (χ2n) is 8.14. The van der Waals surface area contributed by atoms with Crippen molar-refractivity contribution in [1.82, 2.24) is 0 Å². The molecule has 1 atom stereocenters. The van der Waals surface area contributed by atoms with Gasteiger partial charge in [-0.1, -0.05) is 45.9 Å². The second kappa shape index (κ2) is 4.63. The van der Waals surface area contributed by atoms with Crippen LogP contribution in [0.3, 0.4) is 0 Å². The van der Waals surface area contributed by atoms with E-state index < -0.39 is 22.9 Å². The van der Waals surface area contributed by atoms with E-state index in [4.69, 9.17) is 4.74 Å². The molecule has 0 N–H and O–H groups in total. The molecule has 0 saturated carbocycles. The van der Waals surface area contributed by atoms with Crippen molar-refractivity contribution in [2.45, 2.75) is 40.2 Å². The lowest BCUT2D eigenvalue weighted by Gasteiger charge is -2.51. The molecule has 0 radical (unpaired) electrons. The first kappa shape index (κ1) is 16.1. The molecule has 0 saturated heterocycles. The molecule has 0 spiro atoms. The maximum absolute atomic E-state index is 12.6. The van der Waals surface area contributed by atoms with Gasteiger partial charge in [-0.2, -0.15) is 0 Å². The van der Waals surface area contributed by atoms with Crippen LogP contribution in [0.25, 0.3) is 5.57 Å². The van der Waals surface area contributed by atoms with Crippen molar-refractivity contribution < 1.29 is 14.3 Å². The third kappa shape index (κ3) is 1.63. The zero-order chi connectivity index (χ0) is 18.3. The second-order valence-corrected chi connectivity index (χ2v) is 8.14. The highest BCUT2D eigenvalue weighted by Crippen LogP contribution is 2.63. The molecule has 0 aromatic heterocycles. The number of cyclic esters (lactones) is 2. The predicted octanol–water partition coefficient (Wildman–Crippen LogP) is 3.72. The minimum absolute atomic E-state index is 0.105. The summed E-state index contributed by atoms with van der Waals surface area (Å²) in [7, 11) is 2.07. The van der Waals surface area contributed by atoms with Gasteiger partial charge in [0.1, 0.15) is 0 Å². The van der Waals surface area contributed by atoms with Gasteiger partial charge in [0.25, 0.3) is 0 Å². The Morgan fingerprint density at radius 1 is 1.00 bits per heavy atom. The largest absolute Gasteiger partial charge is 0.386 e. The summed E-state index contributed by atoms with van der Waals surface area (Å²) in [6.45, 7) is 10.4. The highest BCUT2D eigenvalue weighted by molar-refractivity contribution is 6.19. The summed E-state index contributed by atoms with van der Waals surface area (Å²) >= 11 is 0. The molecule has 1 aromatic carbocycles. The number of para-hydroxylation sites is 1. The van der Waals surface area contributed by atoms with Crippen LogP contribution in [-0.4, -0.2) is 24.5 Å². The Morgan fingerprint density at radius 2 is 1.64 bits per heavy atom. The molecule has 1 aliphatic carbocycles. The van der Waals surface area contributed by atoms with Crippen LogP contribution in [0.5, 0.6) is 0 Å². The zero-order valence-electron chi connectivity index (χ0n) is 15.6. The molecule has 25 heavy (non-hydrogen) atoms. The Kier molecular flexibility index (Phi) is 2.98. The number of hydrogen-bond acceptors (Lipinski definition) is 4. The lowest BCUT2D eigenvalue weighted by atomic mass is 9.58. The van der Waals surface area contributed by atoms with Gasteiger partial charge in [-0.3, -0.25) is 0 Å². The molecule has 4 rings (SSSR count). The molecule has 130 valence electrons. The normalized spacial score (nSPS) is 26.9. The average molecular weight is 337 g/mol. The highest BCUT2D eigenvalue weighted by atomic mass is 16.6. The molecule has 0 bridgehead atoms. The zero-order valence-corrected chi connectivity index (χ0v) is 15.6. The fraction of sp³-hybridized carbons (Fsp3) is 0.429. The summed E-state index contributed by atoms with van der Waals surface area (Å²) in [5.41, 5.74) is 4.39. The summed E-state index contributed by atoms with van der Waals surface area (Å²) in [6, 6.07) is 8.27. The Balaban J connectivity index is 2.19. The van der Waals surface area contributed by atoms with Crippen molar-refractivity contribution in [1.29, 1.82) is 0 Å². The summed E-state index contributed by atoms with van der Waals surface area (Å²) in [5.74, 6) is -0.889. The summed E-state index contributed by atoms with van der Waals surface area (Å²) < 4.78 is 5.05. The van der Waals surface area contributed by atoms with Crippen molar-refractivity contribution in [3.8, 4) is 0 Å². The van der Waals surface area contributed by atoms with E-state index in [2.05, 4.69) is 44.9 Å². The van der Waals surface area contributed by atoms with Crippen LogP contribution in [0, 0.1) is 11.3 Å². The number of carbonyl (C=O) groups is 2. The number of nitrogens with zero attached hydrogens (tertiary/aromatic N) is 1. The molecule has 3 aliphatic rings. The monoisotopic (exact) mass is 337 g/mol. The SMILES string of the molecule is CC(C)C1=C2c3ccccc3N(C)[C@]2(C)C(C)(C)C2=C1C(=O)OC2=O. The molecule has 1 aromatic rings. The van der Waals surface area contributed by atoms with Gasteiger partial charge in [0.15, 0.2) is 0 Å². The first-order valence-electron chi connectivity index (χ1n) is 8.73. The Labute approximate surface area is 148 Å². The molecule has 0 amide bonds. The number of carbonyl (C=O) groups excluding carboxylic acids is 2. The van der Waals surface area contributed by atoms with Gasteiger partial charge in [0.05, 0.1) is 16.7 Å². The summed E-state index contributed by atoms with van der Waals surface area (Å²) in [4.78, 5) is 27.4. The van der Waals surface area contributed by atoms with E-state index in [-0.39, 0.29) is 5.92 Å². The van der Waals surface area contributed by atoms with Crippen LogP contribution in [0.2, 0.25) is 0 Å². The number of anilines is 1. The van der Waals surface area contributed by atoms with Crippen molar-refractivity contribution in [2.24, 2.45) is 11.3 Å². The van der Waals surface area contributed by atoms with Crippen molar-refractivity contribution in [3.63, 3.8) is 0 Å². The molecule has 4 heteroatoms. The van der Waals surface area contributed by atoms with Crippen LogP contribution in [-0.2, 0) is 14.3 Å². The number of rotatable bonds is 1. The highest BCUT2D eigenvalue weighted by Gasteiger charge is 2.62. The first-order chi connectivity index (χ1) is 11.6. The van der Waals surface area contributed by atoms with Crippen LogP contribution in [0.15, 0.2) is 41.0 Å². The molecule has 0 fully saturated rings. The standard InChI is InChI=1S/C21H23NO3/c1-11(2)14-15-17(19(24)25-18(15)23)20(3,4)21(5)16(14)12-9-7-8-10-13(12)22(21)6/h7-11H,1-6H3/t21-/m0/s1. The lowest BCUT2D eigenvalue weighted by molar-refractivity contribution is -0.151. The topological polar surface area (TPSA) is 46.6 Å². The number of esters is 2. The van der Waals surface area contributed by atoms with Gasteiger partial charge >= 0.3 is 11.9 Å². The Hall–Kier alpha value is -2.36. The van der Waals surface area contributed by atoms with E-state index in [1.807, 2.05) is 26.0 Å². The third-order valence-electron chi connectivity index (χ3n) is 6.49. The van der Waals surface area contributed by atoms with E-state index >= 15 is 0 Å².